The van der Waals surface area contributed by atoms with Gasteiger partial charge in [-0.2, -0.15) is 0 Å². The van der Waals surface area contributed by atoms with Gasteiger partial charge in [-0.05, 0) is 37.3 Å². The summed E-state index contributed by atoms with van der Waals surface area (Å²) in [6.45, 7) is 1.62. The van der Waals surface area contributed by atoms with E-state index < -0.39 is 0 Å². The van der Waals surface area contributed by atoms with E-state index in [1.807, 2.05) is 18.2 Å². The van der Waals surface area contributed by atoms with Crippen LogP contribution >= 0.6 is 0 Å². The first-order chi connectivity index (χ1) is 10.3. The van der Waals surface area contributed by atoms with Crippen LogP contribution in [-0.2, 0) is 15.9 Å². The van der Waals surface area contributed by atoms with Gasteiger partial charge in [-0.15, -0.1) is 0 Å². The fourth-order valence-electron chi connectivity index (χ4n) is 3.77. The molecule has 0 bridgehead atoms. The molecule has 1 saturated carbocycles. The summed E-state index contributed by atoms with van der Waals surface area (Å²) in [6.07, 6.45) is 9.81. The van der Waals surface area contributed by atoms with Gasteiger partial charge in [0.2, 0.25) is 0 Å². The number of benzene rings is 1. The predicted octanol–water partition coefficient (Wildman–Crippen LogP) is 3.71. The molecule has 1 aliphatic heterocycles. The van der Waals surface area contributed by atoms with Crippen molar-refractivity contribution in [2.45, 2.75) is 63.1 Å². The molecule has 3 rings (SSSR count). The van der Waals surface area contributed by atoms with E-state index in [-0.39, 0.29) is 5.60 Å². The highest BCUT2D eigenvalue weighted by atomic mass is 16.5. The van der Waals surface area contributed by atoms with Crippen LogP contribution in [-0.4, -0.2) is 24.9 Å². The second-order valence-electron chi connectivity index (χ2n) is 6.53. The molecule has 1 spiro atoms. The number of para-hydroxylation sites is 1. The van der Waals surface area contributed by atoms with Gasteiger partial charge in [0.05, 0.1) is 18.3 Å². The number of nitrogens with two attached hydrogens (primary N) is 1. The van der Waals surface area contributed by atoms with Crippen molar-refractivity contribution < 1.29 is 9.47 Å². The maximum absolute atomic E-state index is 6.13. The fraction of sp³-hybridized carbons (Fsp3) is 0.667. The van der Waals surface area contributed by atoms with E-state index in [0.29, 0.717) is 6.10 Å². The van der Waals surface area contributed by atoms with Gasteiger partial charge in [-0.25, -0.2) is 0 Å². The second kappa shape index (κ2) is 6.80. The predicted molar refractivity (Wildman–Crippen MR) is 85.3 cm³/mol. The van der Waals surface area contributed by atoms with E-state index in [1.165, 1.54) is 37.7 Å². The lowest BCUT2D eigenvalue weighted by Crippen LogP contribution is -2.44. The normalized spacial score (nSPS) is 25.0. The van der Waals surface area contributed by atoms with Crippen LogP contribution in [0.3, 0.4) is 0 Å². The van der Waals surface area contributed by atoms with Crippen LogP contribution in [0.25, 0.3) is 0 Å². The zero-order valence-electron chi connectivity index (χ0n) is 12.9. The number of anilines is 1. The average molecular weight is 289 g/mol. The minimum absolute atomic E-state index is 0.132. The molecule has 1 aliphatic carbocycles. The van der Waals surface area contributed by atoms with Crippen LogP contribution in [0.5, 0.6) is 0 Å². The molecule has 116 valence electrons. The molecule has 3 nitrogen and oxygen atoms in total. The van der Waals surface area contributed by atoms with Crippen molar-refractivity contribution in [1.29, 1.82) is 0 Å². The standard InChI is InChI=1S/C18H27NO2/c19-17-7-3-2-6-15(17)8-12-20-16-9-13-21-18(14-16)10-4-1-5-11-18/h2-3,6-7,16H,1,4-5,8-14,19H2. The molecular weight excluding hydrogens is 262 g/mol. The van der Waals surface area contributed by atoms with Gasteiger partial charge >= 0.3 is 0 Å². The average Bonchev–Trinajstić information content (AvgIpc) is 2.50. The molecule has 1 atom stereocenters. The number of hydrogen-bond donors (Lipinski definition) is 1. The van der Waals surface area contributed by atoms with Gasteiger partial charge in [-0.1, -0.05) is 37.5 Å². The smallest absolute Gasteiger partial charge is 0.0707 e. The second-order valence-corrected chi connectivity index (χ2v) is 6.53. The highest BCUT2D eigenvalue weighted by molar-refractivity contribution is 5.46. The van der Waals surface area contributed by atoms with Gasteiger partial charge < -0.3 is 15.2 Å². The quantitative estimate of drug-likeness (QED) is 0.859. The molecule has 1 heterocycles. The lowest BCUT2D eigenvalue weighted by Gasteiger charge is -2.43. The fourth-order valence-corrected chi connectivity index (χ4v) is 3.77. The van der Waals surface area contributed by atoms with Crippen LogP contribution in [0, 0.1) is 0 Å². The minimum atomic E-state index is 0.132. The Kier molecular flexibility index (Phi) is 4.81. The van der Waals surface area contributed by atoms with Crippen molar-refractivity contribution >= 4 is 5.69 Å². The molecule has 2 N–H and O–H groups in total. The highest BCUT2D eigenvalue weighted by Gasteiger charge is 2.38. The van der Waals surface area contributed by atoms with Crippen LogP contribution in [0.4, 0.5) is 5.69 Å². The topological polar surface area (TPSA) is 44.5 Å². The molecular formula is C18H27NO2. The van der Waals surface area contributed by atoms with Crippen LogP contribution in [0.2, 0.25) is 0 Å². The SMILES string of the molecule is Nc1ccccc1CCOC1CCOC2(CCCCC2)C1. The summed E-state index contributed by atoms with van der Waals surface area (Å²) in [5.41, 5.74) is 8.17. The summed E-state index contributed by atoms with van der Waals surface area (Å²) in [5.74, 6) is 0. The molecule has 2 fully saturated rings. The van der Waals surface area contributed by atoms with Gasteiger partial charge in [-0.3, -0.25) is 0 Å². The summed E-state index contributed by atoms with van der Waals surface area (Å²) < 4.78 is 12.3. The van der Waals surface area contributed by atoms with E-state index in [1.54, 1.807) is 0 Å². The Balaban J connectivity index is 1.48. The lowest BCUT2D eigenvalue weighted by molar-refractivity contribution is -0.147. The minimum Gasteiger partial charge on any atom is -0.399 e. The molecule has 21 heavy (non-hydrogen) atoms. The Morgan fingerprint density at radius 1 is 1.19 bits per heavy atom. The number of hydrogen-bond acceptors (Lipinski definition) is 3. The third-order valence-corrected chi connectivity index (χ3v) is 4.99. The molecule has 1 aromatic carbocycles. The Bertz CT molecular complexity index is 449. The molecule has 1 aromatic rings. The molecule has 2 aliphatic rings. The van der Waals surface area contributed by atoms with Gasteiger partial charge in [0.15, 0.2) is 0 Å². The number of nitrogen functional groups attached to an aromatic ring is 1. The highest BCUT2D eigenvalue weighted by Crippen LogP contribution is 2.39. The zero-order chi connectivity index (χ0) is 14.5. The Morgan fingerprint density at radius 2 is 2.00 bits per heavy atom. The van der Waals surface area contributed by atoms with Crippen LogP contribution in [0.1, 0.15) is 50.5 Å². The van der Waals surface area contributed by atoms with Crippen molar-refractivity contribution in [3.8, 4) is 0 Å². The third-order valence-electron chi connectivity index (χ3n) is 4.99. The monoisotopic (exact) mass is 289 g/mol. The molecule has 0 radical (unpaired) electrons. The van der Waals surface area contributed by atoms with E-state index >= 15 is 0 Å². The van der Waals surface area contributed by atoms with Gasteiger partial charge in [0.25, 0.3) is 0 Å². The van der Waals surface area contributed by atoms with E-state index in [2.05, 4.69) is 6.07 Å². The van der Waals surface area contributed by atoms with Crippen molar-refractivity contribution in [2.24, 2.45) is 0 Å². The van der Waals surface area contributed by atoms with Crippen molar-refractivity contribution in [2.75, 3.05) is 18.9 Å². The van der Waals surface area contributed by atoms with Gasteiger partial charge in [0.1, 0.15) is 0 Å². The van der Waals surface area contributed by atoms with Crippen molar-refractivity contribution in [3.63, 3.8) is 0 Å². The zero-order valence-corrected chi connectivity index (χ0v) is 12.9. The largest absolute Gasteiger partial charge is 0.399 e. The first-order valence-corrected chi connectivity index (χ1v) is 8.36. The first kappa shape index (κ1) is 14.9. The van der Waals surface area contributed by atoms with E-state index in [0.717, 1.165) is 38.2 Å². The molecule has 1 saturated heterocycles. The molecule has 0 aromatic heterocycles. The summed E-state index contributed by atoms with van der Waals surface area (Å²) in [6, 6.07) is 8.06. The number of ether oxygens (including phenoxy) is 2. The summed E-state index contributed by atoms with van der Waals surface area (Å²) in [4.78, 5) is 0. The maximum Gasteiger partial charge on any atom is 0.0707 e. The maximum atomic E-state index is 6.13. The Hall–Kier alpha value is -1.06. The van der Waals surface area contributed by atoms with Crippen LogP contribution < -0.4 is 5.73 Å². The summed E-state index contributed by atoms with van der Waals surface area (Å²) >= 11 is 0. The lowest BCUT2D eigenvalue weighted by atomic mass is 9.79. The van der Waals surface area contributed by atoms with E-state index in [9.17, 15) is 0 Å². The molecule has 3 heteroatoms. The Morgan fingerprint density at radius 3 is 2.81 bits per heavy atom. The third kappa shape index (κ3) is 3.78. The molecule has 0 amide bonds. The van der Waals surface area contributed by atoms with Crippen molar-refractivity contribution in [3.05, 3.63) is 29.8 Å². The Labute approximate surface area is 127 Å². The number of rotatable bonds is 4. The molecule has 1 unspecified atom stereocenters. The van der Waals surface area contributed by atoms with E-state index in [4.69, 9.17) is 15.2 Å². The summed E-state index contributed by atoms with van der Waals surface area (Å²) in [5, 5.41) is 0. The van der Waals surface area contributed by atoms with Gasteiger partial charge in [0, 0.05) is 18.7 Å². The van der Waals surface area contributed by atoms with Crippen molar-refractivity contribution in [1.82, 2.24) is 0 Å². The van der Waals surface area contributed by atoms with Crippen LogP contribution in [0.15, 0.2) is 24.3 Å². The first-order valence-electron chi connectivity index (χ1n) is 8.36. The summed E-state index contributed by atoms with van der Waals surface area (Å²) in [7, 11) is 0.